The van der Waals surface area contributed by atoms with Gasteiger partial charge in [0.25, 0.3) is 0 Å². The Labute approximate surface area is 106 Å². The molecule has 0 radical (unpaired) electrons. The molecule has 2 rings (SSSR count). The van der Waals surface area contributed by atoms with Crippen molar-refractivity contribution in [2.75, 3.05) is 13.7 Å². The third-order valence-electron chi connectivity index (χ3n) is 3.04. The number of rotatable bonds is 3. The van der Waals surface area contributed by atoms with Crippen LogP contribution in [0.4, 0.5) is 0 Å². The minimum atomic E-state index is 0.272. The Morgan fingerprint density at radius 1 is 1.24 bits per heavy atom. The smallest absolute Gasteiger partial charge is 0.123 e. The molecule has 0 bridgehead atoms. The SMILES string of the molecule is COc1cc2ccc(Cl)cc2cc1C(C)CN. The van der Waals surface area contributed by atoms with Crippen molar-refractivity contribution in [1.82, 2.24) is 0 Å². The molecule has 17 heavy (non-hydrogen) atoms. The molecule has 90 valence electrons. The van der Waals surface area contributed by atoms with Gasteiger partial charge in [-0.05, 0) is 53.1 Å². The molecule has 0 heterocycles. The maximum atomic E-state index is 6.00. The summed E-state index contributed by atoms with van der Waals surface area (Å²) in [4.78, 5) is 0. The molecule has 0 aromatic heterocycles. The number of ether oxygens (including phenoxy) is 1. The fourth-order valence-corrected chi connectivity index (χ4v) is 2.13. The molecule has 0 aliphatic heterocycles. The molecule has 2 aromatic rings. The zero-order chi connectivity index (χ0) is 12.4. The summed E-state index contributed by atoms with van der Waals surface area (Å²) in [6.45, 7) is 2.69. The van der Waals surface area contributed by atoms with Gasteiger partial charge in [0.2, 0.25) is 0 Å². The molecule has 3 heteroatoms. The zero-order valence-electron chi connectivity index (χ0n) is 10.0. The van der Waals surface area contributed by atoms with E-state index in [1.165, 1.54) is 0 Å². The average molecular weight is 250 g/mol. The quantitative estimate of drug-likeness (QED) is 0.903. The molecule has 0 saturated heterocycles. The Kier molecular flexibility index (Phi) is 3.55. The molecule has 0 aliphatic carbocycles. The Hall–Kier alpha value is -1.25. The fourth-order valence-electron chi connectivity index (χ4n) is 1.95. The van der Waals surface area contributed by atoms with Crippen molar-refractivity contribution in [2.24, 2.45) is 5.73 Å². The van der Waals surface area contributed by atoms with Crippen LogP contribution < -0.4 is 10.5 Å². The van der Waals surface area contributed by atoms with Crippen molar-refractivity contribution in [3.05, 3.63) is 40.9 Å². The summed E-state index contributed by atoms with van der Waals surface area (Å²) < 4.78 is 5.42. The van der Waals surface area contributed by atoms with E-state index in [1.54, 1.807) is 7.11 Å². The molecule has 0 spiro atoms. The van der Waals surface area contributed by atoms with Crippen LogP contribution >= 0.6 is 11.6 Å². The van der Waals surface area contributed by atoms with E-state index in [4.69, 9.17) is 22.1 Å². The summed E-state index contributed by atoms with van der Waals surface area (Å²) in [5, 5.41) is 2.99. The van der Waals surface area contributed by atoms with E-state index in [-0.39, 0.29) is 5.92 Å². The number of nitrogens with two attached hydrogens (primary N) is 1. The second kappa shape index (κ2) is 4.94. The largest absolute Gasteiger partial charge is 0.496 e. The van der Waals surface area contributed by atoms with Gasteiger partial charge in [-0.1, -0.05) is 24.6 Å². The van der Waals surface area contributed by atoms with Crippen LogP contribution in [0.15, 0.2) is 30.3 Å². The van der Waals surface area contributed by atoms with E-state index < -0.39 is 0 Å². The lowest BCUT2D eigenvalue weighted by atomic mass is 9.96. The lowest BCUT2D eigenvalue weighted by Gasteiger charge is -2.15. The summed E-state index contributed by atoms with van der Waals surface area (Å²) in [6, 6.07) is 9.99. The fraction of sp³-hybridized carbons (Fsp3) is 0.286. The second-order valence-electron chi connectivity index (χ2n) is 4.22. The zero-order valence-corrected chi connectivity index (χ0v) is 10.8. The van der Waals surface area contributed by atoms with Crippen LogP contribution in [0.25, 0.3) is 10.8 Å². The minimum absolute atomic E-state index is 0.272. The highest BCUT2D eigenvalue weighted by Gasteiger charge is 2.11. The number of methoxy groups -OCH3 is 1. The Balaban J connectivity index is 2.65. The van der Waals surface area contributed by atoms with Gasteiger partial charge in [0, 0.05) is 5.02 Å². The minimum Gasteiger partial charge on any atom is -0.496 e. The summed E-state index contributed by atoms with van der Waals surface area (Å²) in [5.74, 6) is 1.16. The maximum absolute atomic E-state index is 6.00. The summed E-state index contributed by atoms with van der Waals surface area (Å²) in [7, 11) is 1.68. The normalized spacial score (nSPS) is 12.7. The molecule has 1 atom stereocenters. The molecule has 1 unspecified atom stereocenters. The van der Waals surface area contributed by atoms with Crippen molar-refractivity contribution >= 4 is 22.4 Å². The van der Waals surface area contributed by atoms with Crippen molar-refractivity contribution in [3.63, 3.8) is 0 Å². The van der Waals surface area contributed by atoms with Crippen LogP contribution in [0.2, 0.25) is 5.02 Å². The van der Waals surface area contributed by atoms with Crippen LogP contribution in [0, 0.1) is 0 Å². The first-order valence-corrected chi connectivity index (χ1v) is 6.00. The van der Waals surface area contributed by atoms with Crippen LogP contribution in [-0.2, 0) is 0 Å². The highest BCUT2D eigenvalue weighted by Crippen LogP contribution is 2.32. The monoisotopic (exact) mass is 249 g/mol. The molecule has 2 nitrogen and oxygen atoms in total. The number of fused-ring (bicyclic) bond motifs is 1. The van der Waals surface area contributed by atoms with Crippen molar-refractivity contribution in [1.29, 1.82) is 0 Å². The third-order valence-corrected chi connectivity index (χ3v) is 3.27. The molecule has 0 amide bonds. The van der Waals surface area contributed by atoms with Crippen LogP contribution in [0.5, 0.6) is 5.75 Å². The van der Waals surface area contributed by atoms with E-state index in [1.807, 2.05) is 24.3 Å². The van der Waals surface area contributed by atoms with E-state index in [2.05, 4.69) is 13.0 Å². The Bertz CT molecular complexity index is 539. The van der Waals surface area contributed by atoms with Crippen molar-refractivity contribution in [3.8, 4) is 5.75 Å². The molecule has 0 aliphatic rings. The lowest BCUT2D eigenvalue weighted by Crippen LogP contribution is -2.10. The molecule has 0 saturated carbocycles. The van der Waals surface area contributed by atoms with Gasteiger partial charge >= 0.3 is 0 Å². The second-order valence-corrected chi connectivity index (χ2v) is 4.66. The number of halogens is 1. The Morgan fingerprint density at radius 3 is 2.65 bits per heavy atom. The van der Waals surface area contributed by atoms with E-state index in [0.717, 1.165) is 27.1 Å². The van der Waals surface area contributed by atoms with Gasteiger partial charge in [0.05, 0.1) is 7.11 Å². The summed E-state index contributed by atoms with van der Waals surface area (Å²) in [5.41, 5.74) is 6.85. The predicted octanol–water partition coefficient (Wildman–Crippen LogP) is 3.56. The van der Waals surface area contributed by atoms with E-state index in [9.17, 15) is 0 Å². The molecular formula is C14H16ClNO. The van der Waals surface area contributed by atoms with Gasteiger partial charge in [0.15, 0.2) is 0 Å². The lowest BCUT2D eigenvalue weighted by molar-refractivity contribution is 0.407. The van der Waals surface area contributed by atoms with E-state index in [0.29, 0.717) is 6.54 Å². The molecule has 2 N–H and O–H groups in total. The summed E-state index contributed by atoms with van der Waals surface area (Å²) in [6.07, 6.45) is 0. The highest BCUT2D eigenvalue weighted by atomic mass is 35.5. The standard InChI is InChI=1S/C14H16ClNO/c1-9(8-16)13-6-11-5-12(15)4-3-10(11)7-14(13)17-2/h3-7,9H,8,16H2,1-2H3. The van der Waals surface area contributed by atoms with Gasteiger partial charge in [-0.3, -0.25) is 0 Å². The van der Waals surface area contributed by atoms with E-state index >= 15 is 0 Å². The van der Waals surface area contributed by atoms with Gasteiger partial charge in [-0.25, -0.2) is 0 Å². The first-order valence-electron chi connectivity index (χ1n) is 5.63. The third kappa shape index (κ3) is 2.38. The highest BCUT2D eigenvalue weighted by molar-refractivity contribution is 6.31. The predicted molar refractivity (Wildman–Crippen MR) is 73.0 cm³/mol. The molecular weight excluding hydrogens is 234 g/mol. The Morgan fingerprint density at radius 2 is 2.00 bits per heavy atom. The molecule has 2 aromatic carbocycles. The van der Waals surface area contributed by atoms with Crippen molar-refractivity contribution < 1.29 is 4.74 Å². The van der Waals surface area contributed by atoms with Gasteiger partial charge in [-0.2, -0.15) is 0 Å². The van der Waals surface area contributed by atoms with Gasteiger partial charge in [0.1, 0.15) is 5.75 Å². The summed E-state index contributed by atoms with van der Waals surface area (Å²) >= 11 is 6.00. The van der Waals surface area contributed by atoms with Gasteiger partial charge < -0.3 is 10.5 Å². The average Bonchev–Trinajstić information content (AvgIpc) is 2.36. The topological polar surface area (TPSA) is 35.2 Å². The van der Waals surface area contributed by atoms with Crippen LogP contribution in [0.1, 0.15) is 18.4 Å². The maximum Gasteiger partial charge on any atom is 0.123 e. The number of benzene rings is 2. The number of hydrogen-bond donors (Lipinski definition) is 1. The van der Waals surface area contributed by atoms with Crippen LogP contribution in [0.3, 0.4) is 0 Å². The first-order chi connectivity index (χ1) is 8.15. The van der Waals surface area contributed by atoms with Crippen LogP contribution in [-0.4, -0.2) is 13.7 Å². The molecule has 0 fully saturated rings. The number of hydrogen-bond acceptors (Lipinski definition) is 2. The first kappa shape index (κ1) is 12.2. The van der Waals surface area contributed by atoms with Crippen molar-refractivity contribution in [2.45, 2.75) is 12.8 Å². The van der Waals surface area contributed by atoms with Gasteiger partial charge in [-0.15, -0.1) is 0 Å².